The molecule has 6 nitrogen and oxygen atoms in total. The highest BCUT2D eigenvalue weighted by atomic mass is 19.1. The number of nitrogens with one attached hydrogen (secondary N) is 2. The molecule has 1 saturated heterocycles. The Balaban J connectivity index is 1.39. The van der Waals surface area contributed by atoms with E-state index in [0.717, 1.165) is 36.9 Å². The Morgan fingerprint density at radius 1 is 0.938 bits per heavy atom. The van der Waals surface area contributed by atoms with Gasteiger partial charge in [0.25, 0.3) is 0 Å². The molecule has 3 amide bonds. The number of anilines is 2. The standard InChI is InChI=1S/C25H31FN4O2/c1-18-6-4-10-21(16-18)27-24(31)23(19-7-2-3-8-19)29-12-14-30(15-13-29)25(32)28-22-11-5-9-20(26)17-22/h4-6,9-11,16-17,19,23H,2-3,7-8,12-15H2,1H3,(H,27,31)(H,28,32). The summed E-state index contributed by atoms with van der Waals surface area (Å²) in [6, 6.07) is 13.3. The summed E-state index contributed by atoms with van der Waals surface area (Å²) in [6.07, 6.45) is 4.45. The minimum absolute atomic E-state index is 0.0418. The summed E-state index contributed by atoms with van der Waals surface area (Å²) >= 11 is 0. The second kappa shape index (κ2) is 10.1. The quantitative estimate of drug-likeness (QED) is 0.723. The fourth-order valence-corrected chi connectivity index (χ4v) is 4.86. The van der Waals surface area contributed by atoms with Gasteiger partial charge in [-0.2, -0.15) is 0 Å². The van der Waals surface area contributed by atoms with Gasteiger partial charge in [0.15, 0.2) is 0 Å². The first kappa shape index (κ1) is 22.3. The lowest BCUT2D eigenvalue weighted by molar-refractivity contribution is -0.123. The Labute approximate surface area is 188 Å². The first-order valence-electron chi connectivity index (χ1n) is 11.4. The minimum Gasteiger partial charge on any atom is -0.325 e. The van der Waals surface area contributed by atoms with E-state index in [0.29, 0.717) is 37.8 Å². The number of carbonyl (C=O) groups is 2. The van der Waals surface area contributed by atoms with Crippen LogP contribution in [0.1, 0.15) is 31.2 Å². The zero-order valence-electron chi connectivity index (χ0n) is 18.5. The number of amides is 3. The van der Waals surface area contributed by atoms with Gasteiger partial charge in [-0.3, -0.25) is 9.69 Å². The van der Waals surface area contributed by atoms with E-state index in [1.807, 2.05) is 31.2 Å². The van der Waals surface area contributed by atoms with Crippen LogP contribution >= 0.6 is 0 Å². The van der Waals surface area contributed by atoms with E-state index in [4.69, 9.17) is 0 Å². The Bertz CT molecular complexity index is 952. The zero-order valence-corrected chi connectivity index (χ0v) is 18.5. The van der Waals surface area contributed by atoms with Gasteiger partial charge in [-0.05, 0) is 61.6 Å². The molecule has 7 heteroatoms. The molecule has 32 heavy (non-hydrogen) atoms. The van der Waals surface area contributed by atoms with E-state index < -0.39 is 0 Å². The molecule has 2 N–H and O–H groups in total. The summed E-state index contributed by atoms with van der Waals surface area (Å²) in [4.78, 5) is 29.9. The van der Waals surface area contributed by atoms with Crippen molar-refractivity contribution in [2.24, 2.45) is 5.92 Å². The van der Waals surface area contributed by atoms with Crippen molar-refractivity contribution in [3.05, 3.63) is 59.9 Å². The minimum atomic E-state index is -0.383. The van der Waals surface area contributed by atoms with Crippen LogP contribution in [0.3, 0.4) is 0 Å². The van der Waals surface area contributed by atoms with E-state index in [2.05, 4.69) is 15.5 Å². The summed E-state index contributed by atoms with van der Waals surface area (Å²) in [5, 5.41) is 5.88. The Hall–Kier alpha value is -2.93. The maximum absolute atomic E-state index is 13.4. The summed E-state index contributed by atoms with van der Waals surface area (Å²) in [5.74, 6) is -0.000658. The number of urea groups is 1. The first-order valence-corrected chi connectivity index (χ1v) is 11.4. The number of carbonyl (C=O) groups excluding carboxylic acids is 2. The van der Waals surface area contributed by atoms with Gasteiger partial charge in [0.05, 0.1) is 6.04 Å². The summed E-state index contributed by atoms with van der Waals surface area (Å²) in [7, 11) is 0. The number of halogens is 1. The molecule has 170 valence electrons. The summed E-state index contributed by atoms with van der Waals surface area (Å²) in [5.41, 5.74) is 2.38. The van der Waals surface area contributed by atoms with Crippen molar-refractivity contribution in [3.63, 3.8) is 0 Å². The lowest BCUT2D eigenvalue weighted by Crippen LogP contribution is -2.57. The molecule has 4 rings (SSSR count). The second-order valence-electron chi connectivity index (χ2n) is 8.81. The molecule has 0 radical (unpaired) electrons. The zero-order chi connectivity index (χ0) is 22.5. The highest BCUT2D eigenvalue weighted by Crippen LogP contribution is 2.31. The highest BCUT2D eigenvalue weighted by Gasteiger charge is 2.37. The van der Waals surface area contributed by atoms with Gasteiger partial charge in [-0.15, -0.1) is 0 Å². The number of benzene rings is 2. The predicted octanol–water partition coefficient (Wildman–Crippen LogP) is 4.48. The van der Waals surface area contributed by atoms with Crippen molar-refractivity contribution in [2.45, 2.75) is 38.6 Å². The van der Waals surface area contributed by atoms with Gasteiger partial charge in [-0.25, -0.2) is 9.18 Å². The number of aryl methyl sites for hydroxylation is 1. The third-order valence-electron chi connectivity index (χ3n) is 6.47. The highest BCUT2D eigenvalue weighted by molar-refractivity contribution is 5.95. The van der Waals surface area contributed by atoms with E-state index in [9.17, 15) is 14.0 Å². The first-order chi connectivity index (χ1) is 15.5. The topological polar surface area (TPSA) is 64.7 Å². The van der Waals surface area contributed by atoms with Crippen molar-refractivity contribution in [3.8, 4) is 0 Å². The van der Waals surface area contributed by atoms with Gasteiger partial charge in [0.1, 0.15) is 5.82 Å². The fourth-order valence-electron chi connectivity index (χ4n) is 4.86. The predicted molar refractivity (Wildman–Crippen MR) is 124 cm³/mol. The molecule has 0 spiro atoms. The van der Waals surface area contributed by atoms with Crippen LogP contribution in [-0.2, 0) is 4.79 Å². The Morgan fingerprint density at radius 2 is 1.59 bits per heavy atom. The van der Waals surface area contributed by atoms with Crippen molar-refractivity contribution in [1.82, 2.24) is 9.80 Å². The molecule has 1 unspecified atom stereocenters. The van der Waals surface area contributed by atoms with Crippen LogP contribution in [0.25, 0.3) is 0 Å². The second-order valence-corrected chi connectivity index (χ2v) is 8.81. The number of rotatable bonds is 5. The average molecular weight is 439 g/mol. The molecule has 2 fully saturated rings. The number of nitrogens with zero attached hydrogens (tertiary/aromatic N) is 2. The molecule has 2 aromatic carbocycles. The molecular formula is C25H31FN4O2. The van der Waals surface area contributed by atoms with E-state index in [1.54, 1.807) is 17.0 Å². The third kappa shape index (κ3) is 5.46. The average Bonchev–Trinajstić information content (AvgIpc) is 3.28. The van der Waals surface area contributed by atoms with Crippen molar-refractivity contribution >= 4 is 23.3 Å². The lowest BCUT2D eigenvalue weighted by Gasteiger charge is -2.40. The molecule has 1 aliphatic heterocycles. The van der Waals surface area contributed by atoms with Gasteiger partial charge in [-0.1, -0.05) is 31.0 Å². The van der Waals surface area contributed by atoms with E-state index in [1.165, 1.54) is 12.1 Å². The Morgan fingerprint density at radius 3 is 2.25 bits per heavy atom. The number of hydrogen-bond acceptors (Lipinski definition) is 3. The van der Waals surface area contributed by atoms with Crippen LogP contribution in [0.4, 0.5) is 20.6 Å². The third-order valence-corrected chi connectivity index (χ3v) is 6.47. The maximum Gasteiger partial charge on any atom is 0.321 e. The lowest BCUT2D eigenvalue weighted by atomic mass is 9.95. The smallest absolute Gasteiger partial charge is 0.321 e. The maximum atomic E-state index is 13.4. The van der Waals surface area contributed by atoms with Crippen LogP contribution < -0.4 is 10.6 Å². The van der Waals surface area contributed by atoms with Crippen LogP contribution in [0.2, 0.25) is 0 Å². The normalized spacial score (nSPS) is 18.4. The largest absolute Gasteiger partial charge is 0.325 e. The van der Waals surface area contributed by atoms with Gasteiger partial charge in [0, 0.05) is 37.6 Å². The monoisotopic (exact) mass is 438 g/mol. The Kier molecular flexibility index (Phi) is 7.05. The van der Waals surface area contributed by atoms with Crippen LogP contribution in [0.15, 0.2) is 48.5 Å². The molecule has 1 saturated carbocycles. The van der Waals surface area contributed by atoms with Gasteiger partial charge in [0.2, 0.25) is 5.91 Å². The van der Waals surface area contributed by atoms with Crippen LogP contribution in [0.5, 0.6) is 0 Å². The number of piperazine rings is 1. The summed E-state index contributed by atoms with van der Waals surface area (Å²) in [6.45, 7) is 4.35. The van der Waals surface area contributed by atoms with Crippen molar-refractivity contribution in [1.29, 1.82) is 0 Å². The van der Waals surface area contributed by atoms with Gasteiger partial charge >= 0.3 is 6.03 Å². The molecule has 2 aromatic rings. The van der Waals surface area contributed by atoms with Crippen LogP contribution in [0, 0.1) is 18.7 Å². The van der Waals surface area contributed by atoms with Gasteiger partial charge < -0.3 is 15.5 Å². The van der Waals surface area contributed by atoms with E-state index >= 15 is 0 Å². The SMILES string of the molecule is Cc1cccc(NC(=O)C(C2CCCC2)N2CCN(C(=O)Nc3cccc(F)c3)CC2)c1. The molecule has 1 atom stereocenters. The molecule has 2 aliphatic rings. The molecule has 1 heterocycles. The molecule has 0 aromatic heterocycles. The molecular weight excluding hydrogens is 407 g/mol. The molecule has 0 bridgehead atoms. The number of hydrogen-bond donors (Lipinski definition) is 2. The van der Waals surface area contributed by atoms with E-state index in [-0.39, 0.29) is 23.8 Å². The van der Waals surface area contributed by atoms with Crippen molar-refractivity contribution < 1.29 is 14.0 Å². The molecule has 1 aliphatic carbocycles. The van der Waals surface area contributed by atoms with Crippen LogP contribution in [-0.4, -0.2) is 54.0 Å². The summed E-state index contributed by atoms with van der Waals surface area (Å²) < 4.78 is 13.4. The fraction of sp³-hybridized carbons (Fsp3) is 0.440. The van der Waals surface area contributed by atoms with Crippen molar-refractivity contribution in [2.75, 3.05) is 36.8 Å².